The fraction of sp³-hybridized carbons (Fsp3) is 0.438. The summed E-state index contributed by atoms with van der Waals surface area (Å²) in [7, 11) is 0. The third kappa shape index (κ3) is 3.80. The summed E-state index contributed by atoms with van der Waals surface area (Å²) in [6.45, 7) is 8.08. The number of nitrogens with one attached hydrogen (secondary N) is 2. The Morgan fingerprint density at radius 1 is 1.43 bits per heavy atom. The van der Waals surface area contributed by atoms with E-state index in [-0.39, 0.29) is 11.9 Å². The van der Waals surface area contributed by atoms with Gasteiger partial charge in [0.1, 0.15) is 5.69 Å². The van der Waals surface area contributed by atoms with Crippen molar-refractivity contribution in [2.45, 2.75) is 40.3 Å². The van der Waals surface area contributed by atoms with E-state index in [9.17, 15) is 9.59 Å². The molecule has 0 saturated heterocycles. The summed E-state index contributed by atoms with van der Waals surface area (Å²) in [6.07, 6.45) is 5.23. The van der Waals surface area contributed by atoms with Crippen LogP contribution in [0.5, 0.6) is 0 Å². The van der Waals surface area contributed by atoms with Crippen molar-refractivity contribution in [1.82, 2.24) is 19.9 Å². The largest absolute Gasteiger partial charge is 0.462 e. The topological polar surface area (TPSA) is 89.0 Å². The maximum atomic E-state index is 12.4. The first-order chi connectivity index (χ1) is 10.9. The number of carbonyl (C=O) groups is 2. The van der Waals surface area contributed by atoms with Crippen molar-refractivity contribution < 1.29 is 14.3 Å². The molecule has 124 valence electrons. The normalized spacial score (nSPS) is 12.0. The van der Waals surface area contributed by atoms with Gasteiger partial charge in [-0.15, -0.1) is 0 Å². The summed E-state index contributed by atoms with van der Waals surface area (Å²) in [6, 6.07) is -0.0780. The van der Waals surface area contributed by atoms with Gasteiger partial charge in [-0.1, -0.05) is 0 Å². The Balaban J connectivity index is 2.10. The smallest absolute Gasteiger partial charge is 0.340 e. The van der Waals surface area contributed by atoms with Gasteiger partial charge in [0.2, 0.25) is 0 Å². The zero-order chi connectivity index (χ0) is 17.0. The fourth-order valence-corrected chi connectivity index (χ4v) is 2.54. The minimum atomic E-state index is -0.413. The third-order valence-corrected chi connectivity index (χ3v) is 3.57. The number of amides is 1. The van der Waals surface area contributed by atoms with Gasteiger partial charge in [0.25, 0.3) is 5.91 Å². The number of aromatic amines is 1. The number of esters is 1. The van der Waals surface area contributed by atoms with E-state index < -0.39 is 5.97 Å². The molecule has 23 heavy (non-hydrogen) atoms. The van der Waals surface area contributed by atoms with Gasteiger partial charge in [0.15, 0.2) is 0 Å². The number of aromatic nitrogens is 3. The van der Waals surface area contributed by atoms with Crippen LogP contribution in [-0.2, 0) is 11.3 Å². The summed E-state index contributed by atoms with van der Waals surface area (Å²) in [5.41, 5.74) is 2.06. The van der Waals surface area contributed by atoms with E-state index in [4.69, 9.17) is 4.74 Å². The standard InChI is InChI=1S/C16H22N4O3/c1-5-23-16(22)13-11(3)14(19-12(13)4)15(21)18-10(2)8-20-7-6-17-9-20/h6-7,9-10,19H,5,8H2,1-4H3,(H,18,21)/t10-/m0/s1. The first kappa shape index (κ1) is 16.8. The lowest BCUT2D eigenvalue weighted by Gasteiger charge is -2.14. The molecule has 2 rings (SSSR count). The molecule has 7 heteroatoms. The van der Waals surface area contributed by atoms with Gasteiger partial charge in [0, 0.05) is 30.7 Å². The number of hydrogen-bond acceptors (Lipinski definition) is 4. The number of imidazole rings is 1. The highest BCUT2D eigenvalue weighted by Crippen LogP contribution is 2.19. The maximum absolute atomic E-state index is 12.4. The van der Waals surface area contributed by atoms with E-state index in [1.165, 1.54) is 0 Å². The average molecular weight is 318 g/mol. The van der Waals surface area contributed by atoms with Crippen molar-refractivity contribution in [3.05, 3.63) is 41.2 Å². The molecule has 0 saturated carbocycles. The second-order valence-electron chi connectivity index (χ2n) is 5.48. The number of ether oxygens (including phenoxy) is 1. The van der Waals surface area contributed by atoms with Crippen LogP contribution in [-0.4, -0.2) is 39.1 Å². The molecule has 0 aliphatic heterocycles. The van der Waals surface area contributed by atoms with Gasteiger partial charge >= 0.3 is 5.97 Å². The van der Waals surface area contributed by atoms with E-state index in [0.29, 0.717) is 35.7 Å². The minimum absolute atomic E-state index is 0.0780. The Labute approximate surface area is 135 Å². The molecular formula is C16H22N4O3. The Morgan fingerprint density at radius 2 is 2.17 bits per heavy atom. The zero-order valence-electron chi connectivity index (χ0n) is 13.8. The van der Waals surface area contributed by atoms with Crippen LogP contribution in [0.15, 0.2) is 18.7 Å². The van der Waals surface area contributed by atoms with Crippen molar-refractivity contribution in [1.29, 1.82) is 0 Å². The van der Waals surface area contributed by atoms with Crippen molar-refractivity contribution in [2.24, 2.45) is 0 Å². The fourth-order valence-electron chi connectivity index (χ4n) is 2.54. The highest BCUT2D eigenvalue weighted by atomic mass is 16.5. The molecule has 1 amide bonds. The average Bonchev–Trinajstić information content (AvgIpc) is 3.07. The number of nitrogens with zero attached hydrogens (tertiary/aromatic N) is 2. The highest BCUT2D eigenvalue weighted by molar-refractivity contribution is 6.00. The molecule has 0 unspecified atom stereocenters. The SMILES string of the molecule is CCOC(=O)c1c(C)[nH]c(C(=O)N[C@@H](C)Cn2ccnc2)c1C. The molecule has 0 aromatic carbocycles. The lowest BCUT2D eigenvalue weighted by Crippen LogP contribution is -2.36. The Bertz CT molecular complexity index is 688. The third-order valence-electron chi connectivity index (χ3n) is 3.57. The van der Waals surface area contributed by atoms with Crippen LogP contribution >= 0.6 is 0 Å². The quantitative estimate of drug-likeness (QED) is 0.795. The van der Waals surface area contributed by atoms with E-state index in [2.05, 4.69) is 15.3 Å². The summed E-state index contributed by atoms with van der Waals surface area (Å²) in [5, 5.41) is 2.92. The Morgan fingerprint density at radius 3 is 2.78 bits per heavy atom. The van der Waals surface area contributed by atoms with Crippen molar-refractivity contribution in [3.63, 3.8) is 0 Å². The number of H-pyrrole nitrogens is 1. The number of rotatable bonds is 6. The number of hydrogen-bond donors (Lipinski definition) is 2. The van der Waals surface area contributed by atoms with Gasteiger partial charge in [-0.25, -0.2) is 9.78 Å². The second-order valence-corrected chi connectivity index (χ2v) is 5.48. The first-order valence-electron chi connectivity index (χ1n) is 7.56. The molecule has 0 aliphatic carbocycles. The minimum Gasteiger partial charge on any atom is -0.462 e. The molecule has 2 N–H and O–H groups in total. The van der Waals surface area contributed by atoms with Gasteiger partial charge in [-0.2, -0.15) is 0 Å². The molecule has 0 fully saturated rings. The van der Waals surface area contributed by atoms with Crippen LogP contribution in [0.1, 0.15) is 46.0 Å². The molecule has 2 heterocycles. The van der Waals surface area contributed by atoms with Crippen LogP contribution in [0, 0.1) is 13.8 Å². The van der Waals surface area contributed by atoms with Gasteiger partial charge < -0.3 is 19.6 Å². The molecule has 7 nitrogen and oxygen atoms in total. The molecule has 0 bridgehead atoms. The van der Waals surface area contributed by atoms with Crippen LogP contribution < -0.4 is 5.32 Å². The lowest BCUT2D eigenvalue weighted by molar-refractivity contribution is 0.0525. The molecule has 2 aromatic rings. The van der Waals surface area contributed by atoms with Gasteiger partial charge in [0.05, 0.1) is 18.5 Å². The molecule has 1 atom stereocenters. The molecule has 2 aromatic heterocycles. The maximum Gasteiger partial charge on any atom is 0.340 e. The second kappa shape index (κ2) is 7.13. The Hall–Kier alpha value is -2.57. The molecule has 0 spiro atoms. The summed E-state index contributed by atoms with van der Waals surface area (Å²) in [5.74, 6) is -0.655. The highest BCUT2D eigenvalue weighted by Gasteiger charge is 2.23. The monoisotopic (exact) mass is 318 g/mol. The summed E-state index contributed by atoms with van der Waals surface area (Å²) >= 11 is 0. The zero-order valence-corrected chi connectivity index (χ0v) is 13.8. The number of carbonyl (C=O) groups excluding carboxylic acids is 2. The van der Waals surface area contributed by atoms with Crippen molar-refractivity contribution in [2.75, 3.05) is 6.61 Å². The first-order valence-corrected chi connectivity index (χ1v) is 7.56. The van der Waals surface area contributed by atoms with E-state index in [1.54, 1.807) is 33.3 Å². The molecule has 0 radical (unpaired) electrons. The van der Waals surface area contributed by atoms with Crippen LogP contribution in [0.3, 0.4) is 0 Å². The van der Waals surface area contributed by atoms with Crippen LogP contribution in [0.2, 0.25) is 0 Å². The summed E-state index contributed by atoms with van der Waals surface area (Å²) in [4.78, 5) is 31.4. The summed E-state index contributed by atoms with van der Waals surface area (Å²) < 4.78 is 6.92. The number of aryl methyl sites for hydroxylation is 1. The molecular weight excluding hydrogens is 296 g/mol. The van der Waals surface area contributed by atoms with Crippen LogP contribution in [0.25, 0.3) is 0 Å². The predicted molar refractivity (Wildman–Crippen MR) is 85.4 cm³/mol. The van der Waals surface area contributed by atoms with Crippen molar-refractivity contribution >= 4 is 11.9 Å². The predicted octanol–water partition coefficient (Wildman–Crippen LogP) is 1.82. The lowest BCUT2D eigenvalue weighted by atomic mass is 10.1. The van der Waals surface area contributed by atoms with Crippen LogP contribution in [0.4, 0.5) is 0 Å². The van der Waals surface area contributed by atoms with Gasteiger partial charge in [-0.05, 0) is 33.3 Å². The Kier molecular flexibility index (Phi) is 5.20. The van der Waals surface area contributed by atoms with Crippen molar-refractivity contribution in [3.8, 4) is 0 Å². The molecule has 0 aliphatic rings. The van der Waals surface area contributed by atoms with E-state index in [0.717, 1.165) is 0 Å². The van der Waals surface area contributed by atoms with E-state index in [1.807, 2.05) is 17.7 Å². The van der Waals surface area contributed by atoms with Gasteiger partial charge in [-0.3, -0.25) is 4.79 Å². The van der Waals surface area contributed by atoms with E-state index >= 15 is 0 Å².